The van der Waals surface area contributed by atoms with E-state index < -0.39 is 184 Å². The fraction of sp³-hybridized carbons (Fsp3) is 0.949. The number of hydrogen-bond acceptors (Lipinski definition) is 25. The zero-order valence-corrected chi connectivity index (χ0v) is 49.7. The molecule has 14 N–H and O–H groups in total. The molecule has 0 aromatic rings. The van der Waals surface area contributed by atoms with Gasteiger partial charge in [-0.2, -0.15) is 0 Å². The van der Waals surface area contributed by atoms with Crippen molar-refractivity contribution in [2.45, 2.75) is 280 Å². The summed E-state index contributed by atoms with van der Waals surface area (Å²) in [5.41, 5.74) is -1.23. The lowest BCUT2D eigenvalue weighted by Crippen LogP contribution is -2.67. The Balaban J connectivity index is 0.857. The molecule has 4 saturated carbocycles. The highest BCUT2D eigenvalue weighted by molar-refractivity contribution is 5.79. The fourth-order valence-corrected chi connectivity index (χ4v) is 17.6. The van der Waals surface area contributed by atoms with E-state index in [1.165, 1.54) is 19.4 Å². The molecule has 0 bridgehead atoms. The van der Waals surface area contributed by atoms with Gasteiger partial charge in [-0.05, 0) is 123 Å². The average molecular weight is 1210 g/mol. The van der Waals surface area contributed by atoms with Gasteiger partial charge in [0.1, 0.15) is 104 Å². The summed E-state index contributed by atoms with van der Waals surface area (Å²) < 4.78 is 60.5. The van der Waals surface area contributed by atoms with Crippen LogP contribution in [0, 0.1) is 50.2 Å². The number of fused-ring (bicyclic) bond motifs is 7. The second-order valence-corrected chi connectivity index (χ2v) is 28.6. The molecule has 10 aliphatic rings. The van der Waals surface area contributed by atoms with Crippen LogP contribution in [0.1, 0.15) is 127 Å². The van der Waals surface area contributed by atoms with Crippen molar-refractivity contribution in [2.75, 3.05) is 19.8 Å². The van der Waals surface area contributed by atoms with Gasteiger partial charge in [0.15, 0.2) is 25.2 Å². The first kappa shape index (κ1) is 65.2. The summed E-state index contributed by atoms with van der Waals surface area (Å²) in [4.78, 5) is 15.1. The van der Waals surface area contributed by atoms with Crippen LogP contribution in [0.5, 0.6) is 0 Å². The number of ether oxygens (including phenoxy) is 10. The number of esters is 1. The van der Waals surface area contributed by atoms with Crippen LogP contribution in [0.4, 0.5) is 0 Å². The normalized spacial score (nSPS) is 54.6. The van der Waals surface area contributed by atoms with Gasteiger partial charge >= 0.3 is 5.97 Å². The van der Waals surface area contributed by atoms with Crippen molar-refractivity contribution in [1.82, 2.24) is 0 Å². The first-order valence-corrected chi connectivity index (χ1v) is 30.5. The molecule has 32 unspecified atom stereocenters. The Morgan fingerprint density at radius 3 is 1.70 bits per heavy atom. The van der Waals surface area contributed by atoms with Crippen LogP contribution in [-0.2, 0) is 52.2 Å². The molecule has 0 aromatic carbocycles. The molecule has 0 spiro atoms. The highest BCUT2D eigenvalue weighted by atomic mass is 16.8. The molecule has 5 heterocycles. The predicted molar refractivity (Wildman–Crippen MR) is 287 cm³/mol. The van der Waals surface area contributed by atoms with Gasteiger partial charge in [0, 0.05) is 0 Å². The smallest absolute Gasteiger partial charge is 0.315 e. The molecule has 84 heavy (non-hydrogen) atoms. The molecule has 5 aliphatic heterocycles. The summed E-state index contributed by atoms with van der Waals surface area (Å²) in [7, 11) is 0. The number of allylic oxidation sites excluding steroid dienone is 2. The minimum absolute atomic E-state index is 0.109. The Labute approximate surface area is 490 Å². The molecule has 0 aromatic heterocycles. The van der Waals surface area contributed by atoms with Crippen molar-refractivity contribution in [1.29, 1.82) is 0 Å². The second-order valence-electron chi connectivity index (χ2n) is 28.6. The van der Waals surface area contributed by atoms with E-state index >= 15 is 4.79 Å². The largest absolute Gasteiger partial charge is 0.432 e. The quantitative estimate of drug-likeness (QED) is 0.0600. The molecule has 9 fully saturated rings. The molecule has 5 saturated heterocycles. The lowest BCUT2D eigenvalue weighted by molar-refractivity contribution is -0.392. The lowest BCUT2D eigenvalue weighted by atomic mass is 9.33. The molecule has 5 aliphatic carbocycles. The Morgan fingerprint density at radius 1 is 0.536 bits per heavy atom. The number of carbonyl (C=O) groups excluding carboxylic acids is 1. The molecule has 0 amide bonds. The minimum Gasteiger partial charge on any atom is -0.432 e. The third-order valence-corrected chi connectivity index (χ3v) is 23.1. The molecular formula is C59H96O25. The molecule has 25 nitrogen and oxygen atoms in total. The van der Waals surface area contributed by atoms with Gasteiger partial charge in [-0.25, -0.2) is 0 Å². The Kier molecular flexibility index (Phi) is 18.5. The van der Waals surface area contributed by atoms with E-state index in [4.69, 9.17) is 47.4 Å². The number of rotatable bonds is 12. The van der Waals surface area contributed by atoms with Crippen LogP contribution in [0.25, 0.3) is 0 Å². The lowest BCUT2D eigenvalue weighted by Gasteiger charge is -2.71. The van der Waals surface area contributed by atoms with Crippen LogP contribution < -0.4 is 0 Å². The zero-order valence-electron chi connectivity index (χ0n) is 49.7. The van der Waals surface area contributed by atoms with Gasteiger partial charge in [0.25, 0.3) is 0 Å². The highest BCUT2D eigenvalue weighted by Gasteiger charge is 2.70. The molecule has 10 rings (SSSR count). The highest BCUT2D eigenvalue weighted by Crippen LogP contribution is 2.76. The second kappa shape index (κ2) is 23.8. The number of carbonyl (C=O) groups is 1. The molecule has 482 valence electrons. The van der Waals surface area contributed by atoms with Crippen molar-refractivity contribution in [2.24, 2.45) is 50.2 Å². The van der Waals surface area contributed by atoms with E-state index in [0.29, 0.717) is 32.1 Å². The van der Waals surface area contributed by atoms with Gasteiger partial charge in [-0.15, -0.1) is 0 Å². The third-order valence-electron chi connectivity index (χ3n) is 23.1. The summed E-state index contributed by atoms with van der Waals surface area (Å²) in [6.45, 7) is 17.0. The van der Waals surface area contributed by atoms with Crippen LogP contribution in [0.2, 0.25) is 0 Å². The molecule has 0 radical (unpaired) electrons. The van der Waals surface area contributed by atoms with Crippen molar-refractivity contribution in [3.63, 3.8) is 0 Å². The number of hydrogen-bond donors (Lipinski definition) is 14. The first-order chi connectivity index (χ1) is 39.3. The van der Waals surface area contributed by atoms with E-state index in [-0.39, 0.29) is 46.0 Å². The van der Waals surface area contributed by atoms with Crippen molar-refractivity contribution in [3.8, 4) is 0 Å². The summed E-state index contributed by atoms with van der Waals surface area (Å²) >= 11 is 0. The molecule has 25 heteroatoms. The topological polar surface area (TPSA) is 393 Å². The molecular weight excluding hydrogens is 1110 g/mol. The van der Waals surface area contributed by atoms with Gasteiger partial charge in [-0.1, -0.05) is 60.1 Å². The maximum absolute atomic E-state index is 15.1. The minimum atomic E-state index is -1.84. The summed E-state index contributed by atoms with van der Waals surface area (Å²) in [5, 5.41) is 151. The van der Waals surface area contributed by atoms with Crippen LogP contribution in [0.3, 0.4) is 0 Å². The van der Waals surface area contributed by atoms with Gasteiger partial charge < -0.3 is 119 Å². The third kappa shape index (κ3) is 10.8. The molecule has 32 atom stereocenters. The van der Waals surface area contributed by atoms with Crippen molar-refractivity contribution in [3.05, 3.63) is 11.6 Å². The number of aliphatic hydroxyl groups is 14. The van der Waals surface area contributed by atoms with Gasteiger partial charge in [-0.3, -0.25) is 4.79 Å². The van der Waals surface area contributed by atoms with E-state index in [1.807, 2.05) is 0 Å². The van der Waals surface area contributed by atoms with Crippen LogP contribution >= 0.6 is 0 Å². The standard InChI is InChI=1S/C59H96O25/c1-24-34(63)38(67)42(71)48(76-24)81-45-30(22-61)79-50(44(73)41(45)70)84-53(74)59-18-16-54(3,4)20-27(59)26-10-11-32-56(7)14-13-33(55(5,6)31(56)12-15-58(32,9)57(26,8)17-19-59)80-51-46(36(65)28(62)23-75-51)83-52-47(40(69)37(66)29(21-60)78-52)82-49-43(72)39(68)35(64)25(2)77-49/h10,24-25,27-52,60-73H,11-23H2,1-9H3. The number of aliphatic hydroxyl groups excluding tert-OH is 14. The maximum Gasteiger partial charge on any atom is 0.315 e. The SMILES string of the molecule is CC1OC(OC2C(CO)OC(OC(=O)C34CCC(C)(C)CC3C3=CCC5C6(C)CCC(OC7OCC(O)C(O)C7OC7OC(CO)C(O)C(O)C7OC7OC(C)C(O)C(O)C7O)C(C)(C)C6CCC5(C)C3(C)CC4)C(O)C2O)C(O)C(O)C1O. The van der Waals surface area contributed by atoms with Crippen LogP contribution in [0.15, 0.2) is 11.6 Å². The van der Waals surface area contributed by atoms with E-state index in [2.05, 4.69) is 54.5 Å². The summed E-state index contributed by atoms with van der Waals surface area (Å²) in [6.07, 6.45) is -28.7. The zero-order chi connectivity index (χ0) is 61.3. The summed E-state index contributed by atoms with van der Waals surface area (Å²) in [5.74, 6) is -0.492. The first-order valence-electron chi connectivity index (χ1n) is 30.5. The maximum atomic E-state index is 15.1. The Morgan fingerprint density at radius 2 is 1.08 bits per heavy atom. The van der Waals surface area contributed by atoms with E-state index in [0.717, 1.165) is 32.1 Å². The van der Waals surface area contributed by atoms with Gasteiger partial charge in [0.2, 0.25) is 6.29 Å². The Hall–Kier alpha value is -1.71. The Bertz CT molecular complexity index is 2340. The monoisotopic (exact) mass is 1200 g/mol. The van der Waals surface area contributed by atoms with Crippen molar-refractivity contribution < 1.29 is 124 Å². The van der Waals surface area contributed by atoms with Gasteiger partial charge in [0.05, 0.1) is 43.5 Å². The van der Waals surface area contributed by atoms with E-state index in [9.17, 15) is 71.5 Å². The van der Waals surface area contributed by atoms with E-state index in [1.54, 1.807) is 0 Å². The summed E-state index contributed by atoms with van der Waals surface area (Å²) in [6, 6.07) is 0. The van der Waals surface area contributed by atoms with Crippen molar-refractivity contribution >= 4 is 5.97 Å². The van der Waals surface area contributed by atoms with Crippen LogP contribution in [-0.4, -0.2) is 251 Å². The average Bonchev–Trinajstić information content (AvgIpc) is 0.838. The predicted octanol–water partition coefficient (Wildman–Crippen LogP) is -1.52. The fourth-order valence-electron chi connectivity index (χ4n) is 17.6.